The van der Waals surface area contributed by atoms with Gasteiger partial charge in [-0.05, 0) is 5.56 Å². The van der Waals surface area contributed by atoms with Gasteiger partial charge in [-0.15, -0.1) is 0 Å². The number of hydrogen-bond donors (Lipinski definition) is 1. The van der Waals surface area contributed by atoms with Crippen molar-refractivity contribution in [1.82, 2.24) is 5.32 Å². The van der Waals surface area contributed by atoms with E-state index in [2.05, 4.69) is 5.32 Å². The van der Waals surface area contributed by atoms with Crippen LogP contribution in [0.3, 0.4) is 0 Å². The second kappa shape index (κ2) is 7.13. The summed E-state index contributed by atoms with van der Waals surface area (Å²) < 4.78 is 10.3. The lowest BCUT2D eigenvalue weighted by atomic mass is 10.0. The van der Waals surface area contributed by atoms with Gasteiger partial charge < -0.3 is 9.47 Å². The number of benzene rings is 1. The normalized spacial score (nSPS) is 14.3. The Kier molecular flexibility index (Phi) is 5.82. The predicted molar refractivity (Wildman–Crippen MR) is 70.3 cm³/mol. The first-order valence-corrected chi connectivity index (χ1v) is 6.01. The standard InChI is InChI=1S/C14H21NO3/c1-10(2)15-12(14(16)18-4)13(17-3)11-8-6-5-7-9-11/h5-10,12-13,15H,1-4H3. The zero-order valence-electron chi connectivity index (χ0n) is 11.3. The molecule has 2 unspecified atom stereocenters. The smallest absolute Gasteiger partial charge is 0.325 e. The fourth-order valence-electron chi connectivity index (χ4n) is 1.87. The third kappa shape index (κ3) is 3.82. The first-order valence-electron chi connectivity index (χ1n) is 6.01. The number of rotatable bonds is 6. The van der Waals surface area contributed by atoms with Gasteiger partial charge in [-0.3, -0.25) is 10.1 Å². The highest BCUT2D eigenvalue weighted by Crippen LogP contribution is 2.21. The molecule has 4 nitrogen and oxygen atoms in total. The van der Waals surface area contributed by atoms with Gasteiger partial charge in [-0.2, -0.15) is 0 Å². The van der Waals surface area contributed by atoms with Crippen LogP contribution in [0.15, 0.2) is 30.3 Å². The van der Waals surface area contributed by atoms with E-state index < -0.39 is 6.04 Å². The van der Waals surface area contributed by atoms with E-state index >= 15 is 0 Å². The fourth-order valence-corrected chi connectivity index (χ4v) is 1.87. The molecule has 18 heavy (non-hydrogen) atoms. The summed E-state index contributed by atoms with van der Waals surface area (Å²) in [4.78, 5) is 11.9. The van der Waals surface area contributed by atoms with Crippen LogP contribution in [0.4, 0.5) is 0 Å². The summed E-state index contributed by atoms with van der Waals surface area (Å²) in [7, 11) is 2.98. The number of carbonyl (C=O) groups excluding carboxylic acids is 1. The van der Waals surface area contributed by atoms with E-state index in [1.54, 1.807) is 7.11 Å². The van der Waals surface area contributed by atoms with Crippen LogP contribution in [0.25, 0.3) is 0 Å². The molecular weight excluding hydrogens is 230 g/mol. The van der Waals surface area contributed by atoms with Gasteiger partial charge in [0.25, 0.3) is 0 Å². The third-order valence-corrected chi connectivity index (χ3v) is 2.65. The van der Waals surface area contributed by atoms with Gasteiger partial charge in [0.05, 0.1) is 7.11 Å². The second-order valence-corrected chi connectivity index (χ2v) is 4.39. The van der Waals surface area contributed by atoms with Gasteiger partial charge in [-0.1, -0.05) is 44.2 Å². The third-order valence-electron chi connectivity index (χ3n) is 2.65. The zero-order chi connectivity index (χ0) is 13.5. The number of ether oxygens (including phenoxy) is 2. The van der Waals surface area contributed by atoms with Crippen molar-refractivity contribution < 1.29 is 14.3 Å². The van der Waals surface area contributed by atoms with E-state index in [4.69, 9.17) is 9.47 Å². The minimum atomic E-state index is -0.512. The topological polar surface area (TPSA) is 47.6 Å². The lowest BCUT2D eigenvalue weighted by Gasteiger charge is -2.27. The highest BCUT2D eigenvalue weighted by atomic mass is 16.5. The Hall–Kier alpha value is -1.39. The Balaban J connectivity index is 2.97. The van der Waals surface area contributed by atoms with Crippen molar-refractivity contribution in [3.63, 3.8) is 0 Å². The van der Waals surface area contributed by atoms with Gasteiger partial charge in [-0.25, -0.2) is 0 Å². The summed E-state index contributed by atoms with van der Waals surface area (Å²) in [6.45, 7) is 3.96. The Bertz CT molecular complexity index is 365. The van der Waals surface area contributed by atoms with Gasteiger partial charge in [0.2, 0.25) is 0 Å². The fraction of sp³-hybridized carbons (Fsp3) is 0.500. The first kappa shape index (κ1) is 14.7. The molecule has 4 heteroatoms. The number of hydrogen-bond acceptors (Lipinski definition) is 4. The van der Waals surface area contributed by atoms with Crippen molar-refractivity contribution in [1.29, 1.82) is 0 Å². The highest BCUT2D eigenvalue weighted by Gasteiger charge is 2.30. The van der Waals surface area contributed by atoms with Crippen LogP contribution < -0.4 is 5.32 Å². The Labute approximate surface area is 108 Å². The number of nitrogens with one attached hydrogen (secondary N) is 1. The maximum atomic E-state index is 11.9. The maximum absolute atomic E-state index is 11.9. The molecule has 1 N–H and O–H groups in total. The molecule has 0 spiro atoms. The van der Waals surface area contributed by atoms with Crippen LogP contribution in [-0.2, 0) is 14.3 Å². The summed E-state index contributed by atoms with van der Waals surface area (Å²) in [5.74, 6) is -0.320. The molecule has 1 rings (SSSR count). The summed E-state index contributed by atoms with van der Waals surface area (Å²) >= 11 is 0. The SMILES string of the molecule is COC(=O)C(NC(C)C)C(OC)c1ccccc1. The summed E-state index contributed by atoms with van der Waals surface area (Å²) in [5.41, 5.74) is 0.948. The molecule has 0 aliphatic carbocycles. The van der Waals surface area contributed by atoms with Gasteiger partial charge in [0, 0.05) is 13.2 Å². The molecular formula is C14H21NO3. The zero-order valence-corrected chi connectivity index (χ0v) is 11.3. The van der Waals surface area contributed by atoms with E-state index in [1.807, 2.05) is 44.2 Å². The first-order chi connectivity index (χ1) is 8.60. The molecule has 0 aromatic heterocycles. The molecule has 0 aliphatic heterocycles. The van der Waals surface area contributed by atoms with Crippen LogP contribution in [0.2, 0.25) is 0 Å². The van der Waals surface area contributed by atoms with Gasteiger partial charge >= 0.3 is 5.97 Å². The quantitative estimate of drug-likeness (QED) is 0.785. The predicted octanol–water partition coefficient (Wildman–Crippen LogP) is 1.91. The lowest BCUT2D eigenvalue weighted by molar-refractivity contribution is -0.147. The molecule has 0 amide bonds. The molecule has 0 fully saturated rings. The van der Waals surface area contributed by atoms with Crippen LogP contribution in [0, 0.1) is 0 Å². The van der Waals surface area contributed by atoms with Crippen LogP contribution >= 0.6 is 0 Å². The monoisotopic (exact) mass is 251 g/mol. The average Bonchev–Trinajstić information content (AvgIpc) is 2.38. The van der Waals surface area contributed by atoms with Crippen LogP contribution in [0.5, 0.6) is 0 Å². The van der Waals surface area contributed by atoms with E-state index in [-0.39, 0.29) is 18.1 Å². The molecule has 0 aliphatic rings. The molecule has 0 saturated heterocycles. The van der Waals surface area contributed by atoms with Crippen molar-refractivity contribution >= 4 is 5.97 Å². The minimum Gasteiger partial charge on any atom is -0.468 e. The van der Waals surface area contributed by atoms with Crippen molar-refractivity contribution in [2.75, 3.05) is 14.2 Å². The second-order valence-electron chi connectivity index (χ2n) is 4.39. The molecule has 0 bridgehead atoms. The molecule has 0 heterocycles. The lowest BCUT2D eigenvalue weighted by Crippen LogP contribution is -2.46. The number of methoxy groups -OCH3 is 2. The van der Waals surface area contributed by atoms with E-state index in [1.165, 1.54) is 7.11 Å². The van der Waals surface area contributed by atoms with Crippen LogP contribution in [-0.4, -0.2) is 32.3 Å². The van der Waals surface area contributed by atoms with Crippen molar-refractivity contribution in [2.45, 2.75) is 32.0 Å². The summed E-state index contributed by atoms with van der Waals surface area (Å²) in [5, 5.41) is 3.18. The van der Waals surface area contributed by atoms with Crippen molar-refractivity contribution in [3.8, 4) is 0 Å². The Morgan fingerprint density at radius 3 is 2.22 bits per heavy atom. The van der Waals surface area contributed by atoms with Crippen molar-refractivity contribution in [3.05, 3.63) is 35.9 Å². The molecule has 100 valence electrons. The van der Waals surface area contributed by atoms with Crippen LogP contribution in [0.1, 0.15) is 25.5 Å². The average molecular weight is 251 g/mol. The number of carbonyl (C=O) groups is 1. The minimum absolute atomic E-state index is 0.162. The van der Waals surface area contributed by atoms with E-state index in [0.29, 0.717) is 0 Å². The molecule has 0 saturated carbocycles. The summed E-state index contributed by atoms with van der Waals surface area (Å²) in [6, 6.07) is 9.30. The number of esters is 1. The Morgan fingerprint density at radius 2 is 1.78 bits per heavy atom. The summed E-state index contributed by atoms with van der Waals surface area (Å²) in [6.07, 6.45) is -0.360. The largest absolute Gasteiger partial charge is 0.468 e. The Morgan fingerprint density at radius 1 is 1.17 bits per heavy atom. The molecule has 1 aromatic rings. The van der Waals surface area contributed by atoms with Gasteiger partial charge in [0.15, 0.2) is 0 Å². The highest BCUT2D eigenvalue weighted by molar-refractivity contribution is 5.76. The molecule has 0 radical (unpaired) electrons. The van der Waals surface area contributed by atoms with Crippen molar-refractivity contribution in [2.24, 2.45) is 0 Å². The van der Waals surface area contributed by atoms with E-state index in [0.717, 1.165) is 5.56 Å². The maximum Gasteiger partial charge on any atom is 0.325 e. The van der Waals surface area contributed by atoms with Gasteiger partial charge in [0.1, 0.15) is 12.1 Å². The molecule has 2 atom stereocenters. The molecule has 1 aromatic carbocycles. The van der Waals surface area contributed by atoms with E-state index in [9.17, 15) is 4.79 Å².